The second-order valence-electron chi connectivity index (χ2n) is 5.67. The lowest BCUT2D eigenvalue weighted by Gasteiger charge is -2.30. The molecule has 1 aliphatic heterocycles. The van der Waals surface area contributed by atoms with Crippen LogP contribution in [0.15, 0.2) is 30.5 Å². The van der Waals surface area contributed by atoms with E-state index in [-0.39, 0.29) is 5.92 Å². The van der Waals surface area contributed by atoms with Crippen LogP contribution in [0.5, 0.6) is 5.75 Å². The number of rotatable bonds is 4. The highest BCUT2D eigenvalue weighted by atomic mass is 32.2. The van der Waals surface area contributed by atoms with Gasteiger partial charge in [-0.2, -0.15) is 0 Å². The molecular weight excluding hydrogens is 288 g/mol. The monoisotopic (exact) mass is 308 g/mol. The molecule has 0 amide bonds. The van der Waals surface area contributed by atoms with Crippen LogP contribution >= 0.6 is 0 Å². The molecule has 1 aromatic heterocycles. The molecule has 0 saturated carbocycles. The summed E-state index contributed by atoms with van der Waals surface area (Å²) in [6.07, 6.45) is 5.09. The van der Waals surface area contributed by atoms with Crippen LogP contribution in [0.4, 0.5) is 0 Å². The van der Waals surface area contributed by atoms with Crippen LogP contribution in [0.1, 0.15) is 12.8 Å². The van der Waals surface area contributed by atoms with E-state index in [4.69, 9.17) is 4.74 Å². The summed E-state index contributed by atoms with van der Waals surface area (Å²) < 4.78 is 30.6. The summed E-state index contributed by atoms with van der Waals surface area (Å²) in [6.45, 7) is 1.75. The molecule has 0 spiro atoms. The molecule has 1 saturated heterocycles. The summed E-state index contributed by atoms with van der Waals surface area (Å²) in [6, 6.07) is 7.95. The SMILES string of the molecule is CS(=O)(=O)N1CCCC(COc2ccc3[nH]ccc3c2)C1. The Bertz CT molecular complexity index is 723. The van der Waals surface area contributed by atoms with E-state index in [1.807, 2.05) is 30.5 Å². The van der Waals surface area contributed by atoms with E-state index in [0.29, 0.717) is 19.7 Å². The van der Waals surface area contributed by atoms with Crippen molar-refractivity contribution >= 4 is 20.9 Å². The highest BCUT2D eigenvalue weighted by Crippen LogP contribution is 2.23. The maximum atomic E-state index is 11.6. The summed E-state index contributed by atoms with van der Waals surface area (Å²) in [5.74, 6) is 1.09. The normalized spacial score (nSPS) is 20.7. The highest BCUT2D eigenvalue weighted by molar-refractivity contribution is 7.88. The van der Waals surface area contributed by atoms with Crippen molar-refractivity contribution in [2.24, 2.45) is 5.92 Å². The van der Waals surface area contributed by atoms with Crippen molar-refractivity contribution in [3.05, 3.63) is 30.5 Å². The Balaban J connectivity index is 1.61. The fraction of sp³-hybridized carbons (Fsp3) is 0.467. The first-order chi connectivity index (χ1) is 10.0. The quantitative estimate of drug-likeness (QED) is 0.942. The summed E-state index contributed by atoms with van der Waals surface area (Å²) in [7, 11) is -3.09. The van der Waals surface area contributed by atoms with Crippen molar-refractivity contribution in [2.75, 3.05) is 26.0 Å². The topological polar surface area (TPSA) is 62.4 Å². The van der Waals surface area contributed by atoms with Gasteiger partial charge in [0.1, 0.15) is 5.75 Å². The van der Waals surface area contributed by atoms with Gasteiger partial charge in [-0.25, -0.2) is 12.7 Å². The standard InChI is InChI=1S/C15H20N2O3S/c1-21(18,19)17-8-2-3-12(10-17)11-20-14-4-5-15-13(9-14)6-7-16-15/h4-7,9,12,16H,2-3,8,10-11H2,1H3. The summed E-state index contributed by atoms with van der Waals surface area (Å²) >= 11 is 0. The van der Waals surface area contributed by atoms with Crippen molar-refractivity contribution < 1.29 is 13.2 Å². The number of fused-ring (bicyclic) bond motifs is 1. The summed E-state index contributed by atoms with van der Waals surface area (Å²) in [5, 5.41) is 1.12. The highest BCUT2D eigenvalue weighted by Gasteiger charge is 2.26. The van der Waals surface area contributed by atoms with Crippen LogP contribution in [-0.2, 0) is 10.0 Å². The third-order valence-electron chi connectivity index (χ3n) is 3.96. The minimum atomic E-state index is -3.09. The van der Waals surface area contributed by atoms with Gasteiger partial charge in [0.05, 0.1) is 12.9 Å². The van der Waals surface area contributed by atoms with E-state index < -0.39 is 10.0 Å². The molecule has 2 aromatic rings. The largest absolute Gasteiger partial charge is 0.493 e. The zero-order chi connectivity index (χ0) is 14.9. The number of aromatic amines is 1. The van der Waals surface area contributed by atoms with Crippen molar-refractivity contribution in [1.29, 1.82) is 0 Å². The average molecular weight is 308 g/mol. The van der Waals surface area contributed by atoms with E-state index in [9.17, 15) is 8.42 Å². The Hall–Kier alpha value is -1.53. The van der Waals surface area contributed by atoms with Gasteiger partial charge in [-0.05, 0) is 37.1 Å². The number of aromatic nitrogens is 1. The molecular formula is C15H20N2O3S. The lowest BCUT2D eigenvalue weighted by molar-refractivity contribution is 0.181. The van der Waals surface area contributed by atoms with E-state index in [1.165, 1.54) is 6.26 Å². The molecule has 3 rings (SSSR count). The predicted molar refractivity (Wildman–Crippen MR) is 82.9 cm³/mol. The van der Waals surface area contributed by atoms with Gasteiger partial charge in [0.25, 0.3) is 0 Å². The van der Waals surface area contributed by atoms with Crippen LogP contribution in [0.2, 0.25) is 0 Å². The molecule has 1 atom stereocenters. The maximum absolute atomic E-state index is 11.6. The van der Waals surface area contributed by atoms with Crippen molar-refractivity contribution in [1.82, 2.24) is 9.29 Å². The molecule has 0 aliphatic carbocycles. The fourth-order valence-electron chi connectivity index (χ4n) is 2.80. The average Bonchev–Trinajstić information content (AvgIpc) is 2.92. The predicted octanol–water partition coefficient (Wildman–Crippen LogP) is 2.22. The lowest BCUT2D eigenvalue weighted by atomic mass is 10.0. The van der Waals surface area contributed by atoms with Gasteiger partial charge in [-0.3, -0.25) is 0 Å². The number of H-pyrrole nitrogens is 1. The molecule has 5 nitrogen and oxygen atoms in total. The van der Waals surface area contributed by atoms with Crippen LogP contribution in [0.25, 0.3) is 10.9 Å². The smallest absolute Gasteiger partial charge is 0.211 e. The summed E-state index contributed by atoms with van der Waals surface area (Å²) in [4.78, 5) is 3.15. The number of nitrogens with one attached hydrogen (secondary N) is 1. The maximum Gasteiger partial charge on any atom is 0.211 e. The van der Waals surface area contributed by atoms with E-state index in [0.717, 1.165) is 29.5 Å². The Morgan fingerprint density at radius 2 is 2.24 bits per heavy atom. The van der Waals surface area contributed by atoms with Crippen LogP contribution in [-0.4, -0.2) is 43.7 Å². The molecule has 1 N–H and O–H groups in total. The molecule has 0 bridgehead atoms. The third-order valence-corrected chi connectivity index (χ3v) is 5.23. The van der Waals surface area contributed by atoms with Crippen LogP contribution in [0.3, 0.4) is 0 Å². The fourth-order valence-corrected chi connectivity index (χ4v) is 3.74. The van der Waals surface area contributed by atoms with Gasteiger partial charge in [0.2, 0.25) is 10.0 Å². The van der Waals surface area contributed by atoms with Crippen molar-refractivity contribution in [3.8, 4) is 5.75 Å². The molecule has 0 radical (unpaired) electrons. The molecule has 114 valence electrons. The van der Waals surface area contributed by atoms with E-state index in [2.05, 4.69) is 4.98 Å². The minimum absolute atomic E-state index is 0.260. The second kappa shape index (κ2) is 5.69. The van der Waals surface area contributed by atoms with Crippen molar-refractivity contribution in [3.63, 3.8) is 0 Å². The molecule has 1 fully saturated rings. The molecule has 21 heavy (non-hydrogen) atoms. The number of piperidine rings is 1. The van der Waals surface area contributed by atoms with Crippen molar-refractivity contribution in [2.45, 2.75) is 12.8 Å². The number of sulfonamides is 1. The molecule has 1 aromatic carbocycles. The Morgan fingerprint density at radius 3 is 3.05 bits per heavy atom. The van der Waals surface area contributed by atoms with Gasteiger partial charge >= 0.3 is 0 Å². The number of benzene rings is 1. The van der Waals surface area contributed by atoms with E-state index >= 15 is 0 Å². The Morgan fingerprint density at radius 1 is 1.38 bits per heavy atom. The first-order valence-electron chi connectivity index (χ1n) is 7.17. The second-order valence-corrected chi connectivity index (χ2v) is 7.65. The van der Waals surface area contributed by atoms with Gasteiger partial charge in [0.15, 0.2) is 0 Å². The molecule has 6 heteroatoms. The van der Waals surface area contributed by atoms with Crippen LogP contribution in [0, 0.1) is 5.92 Å². The Kier molecular flexibility index (Phi) is 3.91. The first kappa shape index (κ1) is 14.4. The van der Waals surface area contributed by atoms with Gasteiger partial charge in [-0.15, -0.1) is 0 Å². The molecule has 1 aliphatic rings. The van der Waals surface area contributed by atoms with Gasteiger partial charge in [-0.1, -0.05) is 0 Å². The molecule has 1 unspecified atom stereocenters. The van der Waals surface area contributed by atoms with Gasteiger partial charge in [0, 0.05) is 36.1 Å². The Labute approximate surface area is 125 Å². The van der Waals surface area contributed by atoms with Gasteiger partial charge < -0.3 is 9.72 Å². The molecule has 2 heterocycles. The first-order valence-corrected chi connectivity index (χ1v) is 9.02. The number of hydrogen-bond donors (Lipinski definition) is 1. The zero-order valence-corrected chi connectivity index (χ0v) is 12.9. The van der Waals surface area contributed by atoms with Crippen LogP contribution < -0.4 is 4.74 Å². The third kappa shape index (κ3) is 3.39. The zero-order valence-electron chi connectivity index (χ0n) is 12.1. The lowest BCUT2D eigenvalue weighted by Crippen LogP contribution is -2.40. The number of nitrogens with zero attached hydrogens (tertiary/aromatic N) is 1. The summed E-state index contributed by atoms with van der Waals surface area (Å²) in [5.41, 5.74) is 1.09. The van der Waals surface area contributed by atoms with E-state index in [1.54, 1.807) is 4.31 Å². The number of hydrogen-bond acceptors (Lipinski definition) is 3. The minimum Gasteiger partial charge on any atom is -0.493 e. The number of ether oxygens (including phenoxy) is 1.